The topological polar surface area (TPSA) is 119 Å². The standard InChI is InChI=1S/C13H13.6CO.Cr.Mn/c1-2-5-9-12(8-4-1)13-10-6-3-7-11-13;6*1-2;;/h1-13H;;;;;;;;. The van der Waals surface area contributed by atoms with E-state index in [0.717, 1.165) is 0 Å². The summed E-state index contributed by atoms with van der Waals surface area (Å²) in [6, 6.07) is 0. The molecule has 0 aromatic carbocycles. The fourth-order valence-corrected chi connectivity index (χ4v) is 1.60. The van der Waals surface area contributed by atoms with Gasteiger partial charge in [-0.3, -0.25) is 0 Å². The summed E-state index contributed by atoms with van der Waals surface area (Å²) < 4.78 is 45.0. The minimum Gasteiger partial charge on any atom is -0.0773 e. The molecule has 0 aromatic heterocycles. The molecule has 0 unspecified atom stereocenters. The van der Waals surface area contributed by atoms with Crippen LogP contribution in [0.2, 0.25) is 0 Å². The Bertz CT molecular complexity index is 404. The molecule has 0 N–H and O–H groups in total. The fraction of sp³-hybridized carbons (Fsp3) is 0.105. The normalized spacial score (nSPS) is 12.4. The van der Waals surface area contributed by atoms with Crippen molar-refractivity contribution < 1.29 is 62.3 Å². The zero-order valence-electron chi connectivity index (χ0n) is 13.7. The fourth-order valence-electron chi connectivity index (χ4n) is 1.60. The minimum atomic E-state index is 0. The second-order valence-corrected chi connectivity index (χ2v) is 3.27. The first-order chi connectivity index (χ1) is 12.5. The van der Waals surface area contributed by atoms with Crippen LogP contribution in [0.15, 0.2) is 36.5 Å². The van der Waals surface area contributed by atoms with E-state index in [1.807, 2.05) is 0 Å². The Hall–Kier alpha value is -1.29. The summed E-state index contributed by atoms with van der Waals surface area (Å²) in [4.78, 5) is 0. The molecule has 2 aliphatic rings. The second-order valence-electron chi connectivity index (χ2n) is 3.27. The van der Waals surface area contributed by atoms with E-state index in [-0.39, 0.29) is 34.4 Å². The molecule has 0 aromatic rings. The van der Waals surface area contributed by atoms with Gasteiger partial charge in [-0.05, 0) is 43.9 Å². The molecule has 1 fully saturated rings. The van der Waals surface area contributed by atoms with Crippen LogP contribution in [0.25, 0.3) is 0 Å². The van der Waals surface area contributed by atoms with Crippen LogP contribution >= 0.6 is 0 Å². The van der Waals surface area contributed by atoms with Crippen molar-refractivity contribution in [3.8, 4) is 0 Å². The number of allylic oxidation sites excluding steroid dienone is 6. The average molecular weight is 444 g/mol. The number of rotatable bonds is 1. The molecule has 0 aliphatic heterocycles. The van der Waals surface area contributed by atoms with Crippen molar-refractivity contribution in [1.29, 1.82) is 0 Å². The molecule has 1 saturated carbocycles. The molecule has 0 atom stereocenters. The van der Waals surface area contributed by atoms with Crippen LogP contribution in [0.5, 0.6) is 0 Å². The van der Waals surface area contributed by atoms with Crippen molar-refractivity contribution in [2.75, 3.05) is 0 Å². The smallest absolute Gasteiger partial charge is 0 e. The molecular formula is C19H13CrMnO6. The molecule has 8 heteroatoms. The monoisotopic (exact) mass is 444 g/mol. The van der Waals surface area contributed by atoms with Gasteiger partial charge in [0.1, 0.15) is 0 Å². The Balaban J connectivity index is -0.0000000496. The van der Waals surface area contributed by atoms with Crippen molar-refractivity contribution >= 4 is 0 Å². The Labute approximate surface area is 182 Å². The van der Waals surface area contributed by atoms with Crippen LogP contribution in [0, 0.1) is 83.8 Å². The summed E-state index contributed by atoms with van der Waals surface area (Å²) in [5.74, 6) is 1.04. The van der Waals surface area contributed by atoms with E-state index in [1.54, 1.807) is 0 Å². The van der Waals surface area contributed by atoms with E-state index < -0.39 is 0 Å². The van der Waals surface area contributed by atoms with Gasteiger partial charge in [-0.15, -0.1) is 0 Å². The van der Waals surface area contributed by atoms with E-state index in [4.69, 9.17) is 27.9 Å². The van der Waals surface area contributed by atoms with Crippen molar-refractivity contribution in [3.63, 3.8) is 0 Å². The predicted molar refractivity (Wildman–Crippen MR) is 79.5 cm³/mol. The van der Waals surface area contributed by atoms with Gasteiger partial charge in [-0.2, -0.15) is 0 Å². The van der Waals surface area contributed by atoms with E-state index in [0.29, 0.717) is 11.8 Å². The molecule has 0 bridgehead atoms. The van der Waals surface area contributed by atoms with Gasteiger partial charge >= 0.3 is 67.8 Å². The van der Waals surface area contributed by atoms with Crippen LogP contribution < -0.4 is 0 Å². The largest absolute Gasteiger partial charge is 0.0773 e. The van der Waals surface area contributed by atoms with Gasteiger partial charge in [-0.25, -0.2) is 0 Å². The van der Waals surface area contributed by atoms with Gasteiger partial charge in [-0.1, -0.05) is 36.5 Å². The van der Waals surface area contributed by atoms with Gasteiger partial charge in [0, 0.05) is 34.4 Å². The molecule has 0 saturated heterocycles. The maximum atomic E-state index is 7.50. The van der Waals surface area contributed by atoms with Crippen molar-refractivity contribution in [2.24, 2.45) is 11.8 Å². The Morgan fingerprint density at radius 2 is 0.741 bits per heavy atom. The molecule has 138 valence electrons. The summed E-state index contributed by atoms with van der Waals surface area (Å²) in [5, 5.41) is 0. The van der Waals surface area contributed by atoms with Gasteiger partial charge in [0.05, 0.1) is 0 Å². The average Bonchev–Trinajstić information content (AvgIpc) is 3.07. The molecule has 0 amide bonds. The molecule has 6 radical (unpaired) electrons. The van der Waals surface area contributed by atoms with Crippen molar-refractivity contribution in [1.82, 2.24) is 0 Å². The van der Waals surface area contributed by atoms with Gasteiger partial charge in [0.15, 0.2) is 0 Å². The first-order valence-electron chi connectivity index (χ1n) is 5.89. The van der Waals surface area contributed by atoms with E-state index in [1.165, 1.54) is 0 Å². The molecule has 27 heavy (non-hydrogen) atoms. The quantitative estimate of drug-likeness (QED) is 0.336. The van der Waals surface area contributed by atoms with Crippen LogP contribution in [0.4, 0.5) is 0 Å². The predicted octanol–water partition coefficient (Wildman–Crippen LogP) is 2.71. The first kappa shape index (κ1) is 44.8. The summed E-state index contributed by atoms with van der Waals surface area (Å²) in [6.45, 7) is 27.0. The van der Waals surface area contributed by atoms with Crippen LogP contribution in [0.1, 0.15) is 0 Å². The van der Waals surface area contributed by atoms with Crippen LogP contribution in [0.3, 0.4) is 0 Å². The molecule has 6 nitrogen and oxygen atoms in total. The molecule has 0 spiro atoms. The maximum absolute atomic E-state index is 7.50. The molecular weight excluding hydrogens is 431 g/mol. The SMILES string of the molecule is [C-]#[O+].[C-]#[O+].[C-]#[O+].[C-]#[O+].[C-]#[O+].[C-]#[O+].[CH]1[CH][CH]C(C2C=CC=CC=C2)[CH][CH]1.[Cr].[Mn]. The molecule has 0 heterocycles. The minimum absolute atomic E-state index is 0. The van der Waals surface area contributed by atoms with E-state index in [2.05, 4.69) is 108 Å². The number of hydrogen-bond donors (Lipinski definition) is 0. The summed E-state index contributed by atoms with van der Waals surface area (Å²) >= 11 is 0. The summed E-state index contributed by atoms with van der Waals surface area (Å²) in [7, 11) is 0. The number of hydrogen-bond acceptors (Lipinski definition) is 0. The third-order valence-electron chi connectivity index (χ3n) is 2.33. The zero-order valence-corrected chi connectivity index (χ0v) is 16.2. The van der Waals surface area contributed by atoms with Crippen LogP contribution in [-0.2, 0) is 62.3 Å². The molecule has 2 aliphatic carbocycles. The van der Waals surface area contributed by atoms with E-state index >= 15 is 0 Å². The van der Waals surface area contributed by atoms with Gasteiger partial charge in [0.2, 0.25) is 0 Å². The molecule has 2 rings (SSSR count). The van der Waals surface area contributed by atoms with Crippen LogP contribution in [-0.4, -0.2) is 0 Å². The third kappa shape index (κ3) is 32.8. The van der Waals surface area contributed by atoms with Crippen molar-refractivity contribution in [3.05, 3.63) is 108 Å². The van der Waals surface area contributed by atoms with Crippen molar-refractivity contribution in [2.45, 2.75) is 0 Å². The second kappa shape index (κ2) is 56.3. The van der Waals surface area contributed by atoms with E-state index in [9.17, 15) is 0 Å². The first-order valence-corrected chi connectivity index (χ1v) is 5.89. The van der Waals surface area contributed by atoms with Gasteiger partial charge < -0.3 is 0 Å². The zero-order chi connectivity index (χ0) is 20.9. The van der Waals surface area contributed by atoms with Gasteiger partial charge in [0.25, 0.3) is 0 Å². The third-order valence-corrected chi connectivity index (χ3v) is 2.33. The Kier molecular flexibility index (Phi) is 93.5. The Morgan fingerprint density at radius 1 is 0.444 bits per heavy atom. The summed E-state index contributed by atoms with van der Waals surface area (Å²) in [5.41, 5.74) is 0. The Morgan fingerprint density at radius 3 is 1.04 bits per heavy atom. The maximum Gasteiger partial charge on any atom is 0 e. The summed E-state index contributed by atoms with van der Waals surface area (Å²) in [6.07, 6.45) is 23.6.